The Morgan fingerprint density at radius 1 is 1.33 bits per heavy atom. The van der Waals surface area contributed by atoms with E-state index in [4.69, 9.17) is 15.5 Å². The molecule has 2 aliphatic carbocycles. The summed E-state index contributed by atoms with van der Waals surface area (Å²) in [7, 11) is -4.34. The number of aliphatic hydroxyl groups excluding tert-OH is 2. The molecule has 24 heavy (non-hydrogen) atoms. The van der Waals surface area contributed by atoms with Crippen molar-refractivity contribution in [3.63, 3.8) is 0 Å². The fraction of sp³-hybridized carbons (Fsp3) is 0.462. The third-order valence-electron chi connectivity index (χ3n) is 5.03. The van der Waals surface area contributed by atoms with E-state index < -0.39 is 31.3 Å². The maximum atomic E-state index is 11.1. The van der Waals surface area contributed by atoms with Crippen molar-refractivity contribution in [2.45, 2.75) is 24.7 Å². The van der Waals surface area contributed by atoms with E-state index >= 15 is 0 Å². The van der Waals surface area contributed by atoms with Crippen molar-refractivity contribution in [2.24, 2.45) is 11.3 Å². The minimum Gasteiger partial charge on any atom is -0.389 e. The second-order valence-electron chi connectivity index (χ2n) is 6.34. The smallest absolute Gasteiger partial charge is 0.348 e. The number of hydrogen-bond donors (Lipinski definition) is 5. The summed E-state index contributed by atoms with van der Waals surface area (Å²) in [6.45, 7) is 0. The summed E-state index contributed by atoms with van der Waals surface area (Å²) in [6.07, 6.45) is 2.37. The van der Waals surface area contributed by atoms with Crippen LogP contribution in [0.2, 0.25) is 0 Å². The van der Waals surface area contributed by atoms with E-state index in [0.717, 1.165) is 5.82 Å². The lowest BCUT2D eigenvalue weighted by atomic mass is 10.00. The molecule has 0 radical (unpaired) electrons. The van der Waals surface area contributed by atoms with Crippen molar-refractivity contribution in [3.8, 4) is 0 Å². The van der Waals surface area contributed by atoms with E-state index in [1.807, 2.05) is 0 Å². The van der Waals surface area contributed by atoms with E-state index in [9.17, 15) is 14.8 Å². The summed E-state index contributed by atoms with van der Waals surface area (Å²) in [6, 6.07) is -0.513. The van der Waals surface area contributed by atoms with Gasteiger partial charge < -0.3 is 30.3 Å². The molecule has 0 spiro atoms. The summed E-state index contributed by atoms with van der Waals surface area (Å²) in [5.41, 5.74) is 5.76. The molecule has 6 N–H and O–H groups in total. The van der Waals surface area contributed by atoms with Gasteiger partial charge in [0, 0.05) is 11.2 Å². The number of aliphatic hydroxyl groups is 2. The van der Waals surface area contributed by atoms with E-state index in [1.54, 1.807) is 4.57 Å². The minimum absolute atomic E-state index is 0.182. The molecule has 10 nitrogen and oxygen atoms in total. The Bertz CT molecular complexity index is 894. The summed E-state index contributed by atoms with van der Waals surface area (Å²) in [5, 5.41) is 20.9. The van der Waals surface area contributed by atoms with Crippen molar-refractivity contribution in [2.75, 3.05) is 5.73 Å². The topological polar surface area (TPSA) is 168 Å². The molecule has 0 aromatic carbocycles. The predicted molar refractivity (Wildman–Crippen MR) is 82.5 cm³/mol. The summed E-state index contributed by atoms with van der Waals surface area (Å²) < 4.78 is 12.7. The normalized spacial score (nSPS) is 35.7. The second kappa shape index (κ2) is 4.84. The molecule has 2 aromatic heterocycles. The van der Waals surface area contributed by atoms with Crippen molar-refractivity contribution in [1.29, 1.82) is 0 Å². The molecule has 0 bridgehead atoms. The van der Waals surface area contributed by atoms with Crippen LogP contribution in [0.25, 0.3) is 11.2 Å². The monoisotopic (exact) mass is 353 g/mol. The molecule has 2 aliphatic rings. The Kier molecular flexibility index (Phi) is 3.16. The molecule has 0 amide bonds. The van der Waals surface area contributed by atoms with E-state index in [1.165, 1.54) is 18.7 Å². The highest BCUT2D eigenvalue weighted by molar-refractivity contribution is 7.55. The number of imidazole rings is 1. The molecular weight excluding hydrogens is 337 g/mol. The van der Waals surface area contributed by atoms with Crippen LogP contribution in [0.3, 0.4) is 0 Å². The maximum absolute atomic E-state index is 11.1. The van der Waals surface area contributed by atoms with Gasteiger partial charge in [-0.3, -0.25) is 4.57 Å². The highest BCUT2D eigenvalue weighted by atomic mass is 31.2. The summed E-state index contributed by atoms with van der Waals surface area (Å²) in [5.74, 6) is 0.825. The molecular formula is C13H16N5O5P. The molecule has 0 saturated heterocycles. The molecule has 1 unspecified atom stereocenters. The molecule has 5 atom stereocenters. The Balaban J connectivity index is 1.74. The zero-order chi connectivity index (χ0) is 17.3. The van der Waals surface area contributed by atoms with Crippen molar-refractivity contribution in [1.82, 2.24) is 19.5 Å². The fourth-order valence-corrected chi connectivity index (χ4v) is 4.29. The minimum atomic E-state index is -4.34. The summed E-state index contributed by atoms with van der Waals surface area (Å²) in [4.78, 5) is 30.2. The summed E-state index contributed by atoms with van der Waals surface area (Å²) >= 11 is 0. The van der Waals surface area contributed by atoms with Crippen LogP contribution in [-0.4, -0.2) is 51.7 Å². The van der Waals surface area contributed by atoms with Crippen molar-refractivity contribution in [3.05, 3.63) is 24.5 Å². The lowest BCUT2D eigenvalue weighted by molar-refractivity contribution is -0.00808. The first-order chi connectivity index (χ1) is 11.2. The number of fused-ring (bicyclic) bond motifs is 2. The Labute approximate surface area is 135 Å². The molecule has 11 heteroatoms. The third-order valence-corrected chi connectivity index (χ3v) is 5.56. The number of anilines is 1. The van der Waals surface area contributed by atoms with Gasteiger partial charge in [-0.1, -0.05) is 6.08 Å². The van der Waals surface area contributed by atoms with Crippen LogP contribution in [0.5, 0.6) is 0 Å². The molecule has 0 aliphatic heterocycles. The Hall–Kier alpha value is -1.84. The van der Waals surface area contributed by atoms with Gasteiger partial charge in [-0.05, 0) is 12.3 Å². The number of aromatic nitrogens is 4. The average Bonchev–Trinajstić information content (AvgIpc) is 3.00. The largest absolute Gasteiger partial charge is 0.389 e. The second-order valence-corrected chi connectivity index (χ2v) is 7.81. The highest BCUT2D eigenvalue weighted by Crippen LogP contribution is 2.69. The fourth-order valence-electron chi connectivity index (χ4n) is 3.82. The molecule has 2 fully saturated rings. The van der Waals surface area contributed by atoms with Crippen LogP contribution in [0.4, 0.5) is 5.82 Å². The Morgan fingerprint density at radius 2 is 2.08 bits per heavy atom. The SMILES string of the molecule is Nc1ncnc2c1ncn2[C@H]1[C@H](O)[C@H](O)C2(/C=C/P(=O)(O)O)C[C@H]12. The number of hydrogen-bond acceptors (Lipinski definition) is 7. The van der Waals surface area contributed by atoms with Gasteiger partial charge in [0.05, 0.1) is 18.5 Å². The van der Waals surface area contributed by atoms with Gasteiger partial charge in [0.1, 0.15) is 17.9 Å². The standard InChI is InChI=1S/C13H16N5O5P/c14-11-7-12(16-4-15-11)18(5-17-7)8-6-3-13(6,10(20)9(8)19)1-2-24(21,22)23/h1-2,4-6,8-10,19-20H,3H2,(H2,14,15,16)(H2,21,22,23)/b2-1+/t6-,8-,9+,10+,13?/m1/s1. The lowest BCUT2D eigenvalue weighted by Gasteiger charge is -2.23. The van der Waals surface area contributed by atoms with Gasteiger partial charge in [0.25, 0.3) is 0 Å². The first-order valence-electron chi connectivity index (χ1n) is 7.29. The molecule has 2 heterocycles. The molecule has 128 valence electrons. The van der Waals surface area contributed by atoms with Crippen LogP contribution in [0, 0.1) is 11.3 Å². The molecule has 4 rings (SSSR count). The zero-order valence-electron chi connectivity index (χ0n) is 12.3. The number of rotatable bonds is 3. The van der Waals surface area contributed by atoms with Gasteiger partial charge in [0.15, 0.2) is 11.5 Å². The van der Waals surface area contributed by atoms with E-state index in [-0.39, 0.29) is 11.7 Å². The van der Waals surface area contributed by atoms with Gasteiger partial charge in [-0.25, -0.2) is 15.0 Å². The van der Waals surface area contributed by atoms with Crippen LogP contribution in [-0.2, 0) is 4.57 Å². The molecule has 2 saturated carbocycles. The van der Waals surface area contributed by atoms with E-state index in [0.29, 0.717) is 17.6 Å². The van der Waals surface area contributed by atoms with Crippen LogP contribution in [0.15, 0.2) is 24.5 Å². The maximum Gasteiger partial charge on any atom is 0.348 e. The number of nitrogens with two attached hydrogens (primary N) is 1. The highest BCUT2D eigenvalue weighted by Gasteiger charge is 2.70. The first kappa shape index (κ1) is 15.7. The van der Waals surface area contributed by atoms with Crippen LogP contribution >= 0.6 is 7.60 Å². The first-order valence-corrected chi connectivity index (χ1v) is 8.97. The average molecular weight is 353 g/mol. The lowest BCUT2D eigenvalue weighted by Crippen LogP contribution is -2.33. The van der Waals surface area contributed by atoms with Crippen molar-refractivity contribution < 1.29 is 24.6 Å². The number of nitrogen functional groups attached to an aromatic ring is 1. The van der Waals surface area contributed by atoms with Gasteiger partial charge in [0.2, 0.25) is 0 Å². The molecule has 2 aromatic rings. The Morgan fingerprint density at radius 3 is 2.79 bits per heavy atom. The zero-order valence-corrected chi connectivity index (χ0v) is 13.2. The van der Waals surface area contributed by atoms with E-state index in [2.05, 4.69) is 15.0 Å². The van der Waals surface area contributed by atoms with Gasteiger partial charge in [-0.2, -0.15) is 0 Å². The number of nitrogens with zero attached hydrogens (tertiary/aromatic N) is 4. The van der Waals surface area contributed by atoms with Crippen LogP contribution < -0.4 is 5.73 Å². The van der Waals surface area contributed by atoms with Crippen molar-refractivity contribution >= 4 is 24.6 Å². The van der Waals surface area contributed by atoms with Gasteiger partial charge >= 0.3 is 7.60 Å². The quantitative estimate of drug-likeness (QED) is 0.452. The predicted octanol–water partition coefficient (Wildman–Crippen LogP) is -0.617. The van der Waals surface area contributed by atoms with Gasteiger partial charge in [-0.15, -0.1) is 0 Å². The van der Waals surface area contributed by atoms with Crippen LogP contribution in [0.1, 0.15) is 12.5 Å². The third kappa shape index (κ3) is 2.11.